The van der Waals surface area contributed by atoms with E-state index in [-0.39, 0.29) is 11.6 Å². The number of pyridine rings is 1. The molecule has 0 aliphatic carbocycles. The average Bonchev–Trinajstić information content (AvgIpc) is 2.82. The van der Waals surface area contributed by atoms with E-state index in [1.807, 2.05) is 30.3 Å². The molecule has 0 bridgehead atoms. The summed E-state index contributed by atoms with van der Waals surface area (Å²) in [5, 5.41) is 15.4. The van der Waals surface area contributed by atoms with Crippen LogP contribution in [0, 0.1) is 0 Å². The minimum atomic E-state index is -1.04. The van der Waals surface area contributed by atoms with Gasteiger partial charge in [0.05, 0.1) is 11.1 Å². The summed E-state index contributed by atoms with van der Waals surface area (Å²) in [5.41, 5.74) is 8.31. The molecule has 1 fully saturated rings. The van der Waals surface area contributed by atoms with Crippen molar-refractivity contribution in [2.75, 3.05) is 42.1 Å². The van der Waals surface area contributed by atoms with E-state index in [1.165, 1.54) is 6.07 Å². The normalized spacial score (nSPS) is 13.9. The third-order valence-corrected chi connectivity index (χ3v) is 6.26. The van der Waals surface area contributed by atoms with Crippen LogP contribution >= 0.6 is 11.6 Å². The van der Waals surface area contributed by atoms with Crippen molar-refractivity contribution in [3.8, 4) is 0 Å². The summed E-state index contributed by atoms with van der Waals surface area (Å²) < 4.78 is 0. The van der Waals surface area contributed by atoms with Crippen molar-refractivity contribution in [1.82, 2.24) is 9.88 Å². The Morgan fingerprint density at radius 3 is 2.50 bits per heavy atom. The fourth-order valence-corrected chi connectivity index (χ4v) is 4.54. The van der Waals surface area contributed by atoms with Crippen LogP contribution < -0.4 is 16.0 Å². The van der Waals surface area contributed by atoms with Gasteiger partial charge in [-0.1, -0.05) is 35.9 Å². The predicted molar refractivity (Wildman–Crippen MR) is 135 cm³/mol. The maximum Gasteiger partial charge on any atom is 0.336 e. The van der Waals surface area contributed by atoms with E-state index >= 15 is 0 Å². The molecule has 34 heavy (non-hydrogen) atoms. The SMILES string of the molecule is Nc1cc(N2CCN(C(=O)Nc3cc(C(=O)O)c4ccccc4c3)CC2)c2ccc(Cl)cc2n1. The molecule has 9 heteroatoms. The van der Waals surface area contributed by atoms with Crippen molar-refractivity contribution in [2.24, 2.45) is 0 Å². The Morgan fingerprint density at radius 1 is 0.971 bits per heavy atom. The number of halogens is 1. The zero-order valence-electron chi connectivity index (χ0n) is 18.2. The lowest BCUT2D eigenvalue weighted by molar-refractivity contribution is 0.0699. The second kappa shape index (κ2) is 8.72. The van der Waals surface area contributed by atoms with E-state index in [4.69, 9.17) is 17.3 Å². The van der Waals surface area contributed by atoms with Gasteiger partial charge in [0, 0.05) is 54.0 Å². The Morgan fingerprint density at radius 2 is 1.74 bits per heavy atom. The monoisotopic (exact) mass is 475 g/mol. The van der Waals surface area contributed by atoms with Crippen LogP contribution in [-0.4, -0.2) is 53.2 Å². The highest BCUT2D eigenvalue weighted by Crippen LogP contribution is 2.30. The minimum absolute atomic E-state index is 0.153. The highest BCUT2D eigenvalue weighted by Gasteiger charge is 2.23. The number of nitrogens with zero attached hydrogens (tertiary/aromatic N) is 3. The van der Waals surface area contributed by atoms with Crippen molar-refractivity contribution in [3.05, 3.63) is 71.2 Å². The number of piperazine rings is 1. The minimum Gasteiger partial charge on any atom is -0.478 e. The number of amides is 2. The lowest BCUT2D eigenvalue weighted by Crippen LogP contribution is -2.50. The van der Waals surface area contributed by atoms with Gasteiger partial charge in [-0.2, -0.15) is 0 Å². The molecule has 0 radical (unpaired) electrons. The van der Waals surface area contributed by atoms with Crippen LogP contribution in [0.4, 0.5) is 22.0 Å². The molecule has 4 aromatic rings. The number of rotatable bonds is 3. The summed E-state index contributed by atoms with van der Waals surface area (Å²) in [7, 11) is 0. The van der Waals surface area contributed by atoms with Gasteiger partial charge in [0.25, 0.3) is 0 Å². The number of hydrogen-bond acceptors (Lipinski definition) is 5. The van der Waals surface area contributed by atoms with E-state index in [2.05, 4.69) is 15.2 Å². The van der Waals surface area contributed by atoms with Gasteiger partial charge in [-0.05, 0) is 41.1 Å². The second-order valence-corrected chi connectivity index (χ2v) is 8.62. The Kier molecular flexibility index (Phi) is 5.59. The first-order valence-electron chi connectivity index (χ1n) is 10.8. The smallest absolute Gasteiger partial charge is 0.336 e. The molecule has 1 saturated heterocycles. The van der Waals surface area contributed by atoms with Crippen molar-refractivity contribution in [3.63, 3.8) is 0 Å². The first kappa shape index (κ1) is 21.8. The second-order valence-electron chi connectivity index (χ2n) is 8.18. The average molecular weight is 476 g/mol. The fourth-order valence-electron chi connectivity index (χ4n) is 4.38. The van der Waals surface area contributed by atoms with Crippen LogP contribution in [0.1, 0.15) is 10.4 Å². The summed E-state index contributed by atoms with van der Waals surface area (Å²) in [6.07, 6.45) is 0. The molecule has 1 aromatic heterocycles. The fraction of sp³-hybridized carbons (Fsp3) is 0.160. The zero-order valence-corrected chi connectivity index (χ0v) is 18.9. The number of benzene rings is 3. The number of carboxylic acids is 1. The number of carbonyl (C=O) groups is 2. The summed E-state index contributed by atoms with van der Waals surface area (Å²) in [4.78, 5) is 32.9. The third-order valence-electron chi connectivity index (χ3n) is 6.02. The number of carbonyl (C=O) groups excluding carboxylic acids is 1. The molecule has 5 rings (SSSR count). The summed E-state index contributed by atoms with van der Waals surface area (Å²) >= 11 is 6.11. The number of aromatic carboxylic acids is 1. The highest BCUT2D eigenvalue weighted by molar-refractivity contribution is 6.31. The van der Waals surface area contributed by atoms with Crippen LogP contribution in [0.2, 0.25) is 5.02 Å². The Bertz CT molecular complexity index is 1430. The van der Waals surface area contributed by atoms with Gasteiger partial charge in [0.15, 0.2) is 0 Å². The number of nitrogen functional groups attached to an aromatic ring is 1. The molecule has 0 atom stereocenters. The Hall–Kier alpha value is -4.04. The van der Waals surface area contributed by atoms with Gasteiger partial charge in [0.2, 0.25) is 0 Å². The number of nitrogens with two attached hydrogens (primary N) is 1. The highest BCUT2D eigenvalue weighted by atomic mass is 35.5. The zero-order chi connectivity index (χ0) is 23.8. The van der Waals surface area contributed by atoms with Gasteiger partial charge >= 0.3 is 12.0 Å². The van der Waals surface area contributed by atoms with Gasteiger partial charge in [-0.3, -0.25) is 0 Å². The lowest BCUT2D eigenvalue weighted by Gasteiger charge is -2.36. The van der Waals surface area contributed by atoms with Gasteiger partial charge in [-0.15, -0.1) is 0 Å². The van der Waals surface area contributed by atoms with Crippen LogP contribution in [-0.2, 0) is 0 Å². The van der Waals surface area contributed by atoms with Crippen molar-refractivity contribution < 1.29 is 14.7 Å². The predicted octanol–water partition coefficient (Wildman–Crippen LogP) is 4.68. The molecule has 2 heterocycles. The number of fused-ring (bicyclic) bond motifs is 2. The molecule has 0 spiro atoms. The molecule has 3 aromatic carbocycles. The third kappa shape index (κ3) is 4.15. The van der Waals surface area contributed by atoms with Gasteiger partial charge < -0.3 is 26.0 Å². The van der Waals surface area contributed by atoms with E-state index in [1.54, 1.807) is 29.2 Å². The molecule has 0 unspecified atom stereocenters. The molecular formula is C25H22ClN5O3. The maximum atomic E-state index is 12.9. The molecule has 1 aliphatic rings. The van der Waals surface area contributed by atoms with E-state index in [9.17, 15) is 14.7 Å². The topological polar surface area (TPSA) is 112 Å². The van der Waals surface area contributed by atoms with Crippen molar-refractivity contribution >= 4 is 62.5 Å². The Balaban J connectivity index is 1.32. The summed E-state index contributed by atoms with van der Waals surface area (Å²) in [5.74, 6) is -0.624. The summed E-state index contributed by atoms with van der Waals surface area (Å²) in [6, 6.07) is 17.6. The number of aromatic nitrogens is 1. The molecule has 0 saturated carbocycles. The first-order valence-corrected chi connectivity index (χ1v) is 11.2. The molecule has 8 nitrogen and oxygen atoms in total. The van der Waals surface area contributed by atoms with Crippen LogP contribution in [0.15, 0.2) is 60.7 Å². The largest absolute Gasteiger partial charge is 0.478 e. The quantitative estimate of drug-likeness (QED) is 0.397. The van der Waals surface area contributed by atoms with Gasteiger partial charge in [-0.25, -0.2) is 14.6 Å². The maximum absolute atomic E-state index is 12.9. The standard InChI is InChI=1S/C25H22ClN5O3/c26-16-5-6-19-21(12-16)29-23(27)14-22(19)30-7-9-31(10-8-30)25(34)28-17-11-15-3-1-2-4-18(15)20(13-17)24(32)33/h1-6,11-14H,7-10H2,(H2,27,29)(H,28,34)(H,32,33). The van der Waals surface area contributed by atoms with E-state index in [0.717, 1.165) is 22.0 Å². The number of carboxylic acid groups (broad SMARTS) is 1. The molecular weight excluding hydrogens is 454 g/mol. The first-order chi connectivity index (χ1) is 16.4. The number of urea groups is 1. The molecule has 2 amide bonds. The Labute approximate surface area is 200 Å². The molecule has 4 N–H and O–H groups in total. The lowest BCUT2D eigenvalue weighted by atomic mass is 10.0. The van der Waals surface area contributed by atoms with Crippen LogP contribution in [0.5, 0.6) is 0 Å². The van der Waals surface area contributed by atoms with Crippen LogP contribution in [0.3, 0.4) is 0 Å². The van der Waals surface area contributed by atoms with Crippen molar-refractivity contribution in [2.45, 2.75) is 0 Å². The van der Waals surface area contributed by atoms with Gasteiger partial charge in [0.1, 0.15) is 5.82 Å². The van der Waals surface area contributed by atoms with Crippen molar-refractivity contribution in [1.29, 1.82) is 0 Å². The van der Waals surface area contributed by atoms with Crippen LogP contribution in [0.25, 0.3) is 21.7 Å². The summed E-state index contributed by atoms with van der Waals surface area (Å²) in [6.45, 7) is 2.24. The number of anilines is 3. The molecule has 172 valence electrons. The van der Waals surface area contributed by atoms with E-state index in [0.29, 0.717) is 48.1 Å². The molecule has 1 aliphatic heterocycles. The number of nitrogens with one attached hydrogen (secondary N) is 1. The number of hydrogen-bond donors (Lipinski definition) is 3. The van der Waals surface area contributed by atoms with E-state index < -0.39 is 5.97 Å².